The molecule has 0 saturated heterocycles. The van der Waals surface area contributed by atoms with Crippen molar-refractivity contribution in [2.75, 3.05) is 32.8 Å². The molecule has 0 aliphatic heterocycles. The van der Waals surface area contributed by atoms with Crippen molar-refractivity contribution < 1.29 is 18.3 Å². The lowest BCUT2D eigenvalue weighted by Crippen LogP contribution is -2.41. The molecule has 6 heteroatoms. The Morgan fingerprint density at radius 1 is 1.11 bits per heavy atom. The highest BCUT2D eigenvalue weighted by Crippen LogP contribution is 2.29. The Morgan fingerprint density at radius 3 is 2.44 bits per heavy atom. The Kier molecular flexibility index (Phi) is 10.9. The van der Waals surface area contributed by atoms with Gasteiger partial charge in [0.05, 0.1) is 19.7 Å². The van der Waals surface area contributed by atoms with Gasteiger partial charge in [0.15, 0.2) is 0 Å². The molecule has 0 bridgehead atoms. The normalized spacial score (nSPS) is 11.4. The molecule has 1 N–H and O–H groups in total. The fraction of sp³-hybridized carbons (Fsp3) is 0.667. The summed E-state index contributed by atoms with van der Waals surface area (Å²) < 4.78 is 34.5. The summed E-state index contributed by atoms with van der Waals surface area (Å²) in [5.74, 6) is -2.75. The SMILES string of the molecule is CCCCCOc1cccc(C(F)(F)CNCC(=O)N(CCC)CCC)c1. The summed E-state index contributed by atoms with van der Waals surface area (Å²) in [6.45, 7) is 7.27. The number of nitrogens with one attached hydrogen (secondary N) is 1. The lowest BCUT2D eigenvalue weighted by atomic mass is 10.1. The molecule has 1 aromatic rings. The Bertz CT molecular complexity index is 547. The molecule has 0 atom stereocenters. The minimum Gasteiger partial charge on any atom is -0.494 e. The van der Waals surface area contributed by atoms with Gasteiger partial charge in [-0.05, 0) is 31.4 Å². The van der Waals surface area contributed by atoms with E-state index in [9.17, 15) is 13.6 Å². The maximum absolute atomic E-state index is 14.5. The molecule has 4 nitrogen and oxygen atoms in total. The maximum atomic E-state index is 14.5. The fourth-order valence-electron chi connectivity index (χ4n) is 2.80. The van der Waals surface area contributed by atoms with Crippen molar-refractivity contribution in [3.63, 3.8) is 0 Å². The zero-order valence-electron chi connectivity index (χ0n) is 16.9. The lowest BCUT2D eigenvalue weighted by Gasteiger charge is -2.23. The molecule has 27 heavy (non-hydrogen) atoms. The van der Waals surface area contributed by atoms with E-state index in [4.69, 9.17) is 4.74 Å². The highest BCUT2D eigenvalue weighted by atomic mass is 19.3. The second kappa shape index (κ2) is 12.7. The van der Waals surface area contributed by atoms with Gasteiger partial charge in [0.2, 0.25) is 5.91 Å². The summed E-state index contributed by atoms with van der Waals surface area (Å²) in [4.78, 5) is 13.9. The van der Waals surface area contributed by atoms with Crippen LogP contribution in [0.15, 0.2) is 24.3 Å². The maximum Gasteiger partial charge on any atom is 0.285 e. The van der Waals surface area contributed by atoms with Crippen LogP contribution in [0.2, 0.25) is 0 Å². The first-order valence-corrected chi connectivity index (χ1v) is 10.0. The smallest absolute Gasteiger partial charge is 0.285 e. The summed E-state index contributed by atoms with van der Waals surface area (Å²) in [5, 5.41) is 2.62. The number of benzene rings is 1. The average molecular weight is 385 g/mol. The molecule has 0 aromatic heterocycles. The van der Waals surface area contributed by atoms with Crippen molar-refractivity contribution in [2.45, 2.75) is 58.8 Å². The van der Waals surface area contributed by atoms with Crippen molar-refractivity contribution in [2.24, 2.45) is 0 Å². The third-order valence-electron chi connectivity index (χ3n) is 4.24. The predicted octanol–water partition coefficient (Wildman–Crippen LogP) is 4.59. The Labute approximate surface area is 162 Å². The molecule has 0 spiro atoms. The van der Waals surface area contributed by atoms with Crippen LogP contribution in [-0.2, 0) is 10.7 Å². The zero-order chi connectivity index (χ0) is 20.1. The first kappa shape index (κ1) is 23.3. The number of nitrogens with zero attached hydrogens (tertiary/aromatic N) is 1. The molecule has 154 valence electrons. The summed E-state index contributed by atoms with van der Waals surface area (Å²) in [7, 11) is 0. The zero-order valence-corrected chi connectivity index (χ0v) is 16.9. The number of amides is 1. The van der Waals surface area contributed by atoms with Crippen LogP contribution in [0.3, 0.4) is 0 Å². The molecule has 1 amide bonds. The summed E-state index contributed by atoms with van der Waals surface area (Å²) in [5.41, 5.74) is -0.102. The number of unbranched alkanes of at least 4 members (excludes halogenated alkanes) is 2. The number of hydrogen-bond acceptors (Lipinski definition) is 3. The van der Waals surface area contributed by atoms with Gasteiger partial charge < -0.3 is 15.0 Å². The van der Waals surface area contributed by atoms with E-state index in [1.807, 2.05) is 13.8 Å². The minimum atomic E-state index is -3.07. The summed E-state index contributed by atoms with van der Waals surface area (Å²) in [6, 6.07) is 6.04. The minimum absolute atomic E-state index is 0.0806. The molecule has 0 unspecified atom stereocenters. The van der Waals surface area contributed by atoms with Gasteiger partial charge in [-0.3, -0.25) is 4.79 Å². The van der Waals surface area contributed by atoms with Crippen LogP contribution in [0.1, 0.15) is 58.4 Å². The van der Waals surface area contributed by atoms with Crippen LogP contribution in [-0.4, -0.2) is 43.6 Å². The van der Waals surface area contributed by atoms with Gasteiger partial charge in [-0.2, -0.15) is 8.78 Å². The van der Waals surface area contributed by atoms with Gasteiger partial charge in [0.25, 0.3) is 5.92 Å². The fourth-order valence-corrected chi connectivity index (χ4v) is 2.80. The van der Waals surface area contributed by atoms with E-state index in [1.54, 1.807) is 17.0 Å². The molecular formula is C21H34F2N2O2. The van der Waals surface area contributed by atoms with Crippen LogP contribution in [0.4, 0.5) is 8.78 Å². The van der Waals surface area contributed by atoms with Crippen LogP contribution in [0, 0.1) is 0 Å². The molecule has 1 rings (SSSR count). The van der Waals surface area contributed by atoms with Gasteiger partial charge in [0, 0.05) is 18.7 Å². The van der Waals surface area contributed by atoms with Crippen LogP contribution in [0.5, 0.6) is 5.75 Å². The quantitative estimate of drug-likeness (QED) is 0.477. The predicted molar refractivity (Wildman–Crippen MR) is 105 cm³/mol. The lowest BCUT2D eigenvalue weighted by molar-refractivity contribution is -0.130. The van der Waals surface area contributed by atoms with Crippen molar-refractivity contribution in [3.8, 4) is 5.75 Å². The third kappa shape index (κ3) is 8.69. The van der Waals surface area contributed by atoms with Gasteiger partial charge in [-0.1, -0.05) is 45.7 Å². The molecule has 1 aromatic carbocycles. The Hall–Kier alpha value is -1.69. The number of carbonyl (C=O) groups excluding carboxylic acids is 1. The summed E-state index contributed by atoms with van der Waals surface area (Å²) in [6.07, 6.45) is 4.76. The first-order valence-electron chi connectivity index (χ1n) is 10.0. The van der Waals surface area contributed by atoms with Gasteiger partial charge >= 0.3 is 0 Å². The van der Waals surface area contributed by atoms with Gasteiger partial charge in [-0.25, -0.2) is 0 Å². The number of carbonyl (C=O) groups is 1. The number of rotatable bonds is 14. The molecule has 0 aliphatic rings. The van der Waals surface area contributed by atoms with E-state index in [0.717, 1.165) is 32.1 Å². The van der Waals surface area contributed by atoms with Gasteiger partial charge in [-0.15, -0.1) is 0 Å². The summed E-state index contributed by atoms with van der Waals surface area (Å²) >= 11 is 0. The van der Waals surface area contributed by atoms with Crippen LogP contribution < -0.4 is 10.1 Å². The first-order chi connectivity index (χ1) is 12.9. The average Bonchev–Trinajstić information content (AvgIpc) is 2.65. The van der Waals surface area contributed by atoms with E-state index in [1.165, 1.54) is 12.1 Å². The third-order valence-corrected chi connectivity index (χ3v) is 4.24. The van der Waals surface area contributed by atoms with Crippen molar-refractivity contribution in [3.05, 3.63) is 29.8 Å². The molecule has 0 aliphatic carbocycles. The standard InChI is InChI=1S/C21H34F2N2O2/c1-4-7-8-14-27-19-11-9-10-18(15-19)21(22,23)17-24-16-20(26)25(12-5-2)13-6-3/h9-11,15,24H,4-8,12-14,16-17H2,1-3H3. The molecule has 0 heterocycles. The number of halogens is 2. The second-order valence-corrected chi connectivity index (χ2v) is 6.77. The van der Waals surface area contributed by atoms with E-state index >= 15 is 0 Å². The van der Waals surface area contributed by atoms with Crippen molar-refractivity contribution >= 4 is 5.91 Å². The van der Waals surface area contributed by atoms with E-state index < -0.39 is 12.5 Å². The van der Waals surface area contributed by atoms with Crippen molar-refractivity contribution in [1.29, 1.82) is 0 Å². The monoisotopic (exact) mass is 384 g/mol. The molecule has 0 saturated carbocycles. The van der Waals surface area contributed by atoms with Crippen LogP contribution >= 0.6 is 0 Å². The number of hydrogen-bond donors (Lipinski definition) is 1. The number of ether oxygens (including phenoxy) is 1. The molecule has 0 radical (unpaired) electrons. The highest BCUT2D eigenvalue weighted by molar-refractivity contribution is 5.78. The van der Waals surface area contributed by atoms with E-state index in [2.05, 4.69) is 12.2 Å². The number of alkyl halides is 2. The highest BCUT2D eigenvalue weighted by Gasteiger charge is 2.31. The topological polar surface area (TPSA) is 41.6 Å². The molecule has 0 fully saturated rings. The van der Waals surface area contributed by atoms with Crippen LogP contribution in [0.25, 0.3) is 0 Å². The van der Waals surface area contributed by atoms with Gasteiger partial charge in [0.1, 0.15) is 5.75 Å². The molecular weight excluding hydrogens is 350 g/mol. The Balaban J connectivity index is 2.55. The Morgan fingerprint density at radius 2 is 1.81 bits per heavy atom. The van der Waals surface area contributed by atoms with E-state index in [0.29, 0.717) is 25.4 Å². The largest absolute Gasteiger partial charge is 0.494 e. The van der Waals surface area contributed by atoms with Crippen molar-refractivity contribution in [1.82, 2.24) is 10.2 Å². The second-order valence-electron chi connectivity index (χ2n) is 6.77. The van der Waals surface area contributed by atoms with E-state index in [-0.39, 0.29) is 18.0 Å².